The van der Waals surface area contributed by atoms with Crippen LogP contribution < -0.4 is 10.6 Å². The van der Waals surface area contributed by atoms with Crippen molar-refractivity contribution in [3.05, 3.63) is 65.2 Å². The van der Waals surface area contributed by atoms with Crippen LogP contribution in [0, 0.1) is 0 Å². The molecular formula is C22H24N2O4. The Bertz CT molecular complexity index is 877. The third kappa shape index (κ3) is 4.97. The van der Waals surface area contributed by atoms with Crippen LogP contribution in [0.2, 0.25) is 0 Å². The average Bonchev–Trinajstić information content (AvgIpc) is 2.67. The number of amides is 2. The Balaban J connectivity index is 1.77. The molecule has 0 radical (unpaired) electrons. The fraction of sp³-hybridized carbons (Fsp3) is 0.318. The quantitative estimate of drug-likeness (QED) is 0.753. The van der Waals surface area contributed by atoms with Gasteiger partial charge in [-0.25, -0.2) is 0 Å². The zero-order chi connectivity index (χ0) is 20.1. The highest BCUT2D eigenvalue weighted by atomic mass is 16.5. The van der Waals surface area contributed by atoms with E-state index >= 15 is 0 Å². The minimum atomic E-state index is -0.490. The lowest BCUT2D eigenvalue weighted by atomic mass is 9.99. The number of carbonyl (C=O) groups is 3. The first-order chi connectivity index (χ1) is 13.4. The Morgan fingerprint density at radius 3 is 2.57 bits per heavy atom. The molecule has 1 aliphatic heterocycles. The molecule has 28 heavy (non-hydrogen) atoms. The Morgan fingerprint density at radius 1 is 1.11 bits per heavy atom. The topological polar surface area (TPSA) is 84.5 Å². The summed E-state index contributed by atoms with van der Waals surface area (Å²) in [5, 5.41) is 5.75. The summed E-state index contributed by atoms with van der Waals surface area (Å²) in [5.41, 5.74) is 3.01. The van der Waals surface area contributed by atoms with Gasteiger partial charge in [0, 0.05) is 17.7 Å². The predicted octanol–water partition coefficient (Wildman–Crippen LogP) is 3.38. The van der Waals surface area contributed by atoms with Gasteiger partial charge in [-0.05, 0) is 49.6 Å². The summed E-state index contributed by atoms with van der Waals surface area (Å²) in [6, 6.07) is 14.1. The number of carbonyl (C=O) groups excluding carboxylic acids is 3. The fourth-order valence-electron chi connectivity index (χ4n) is 3.18. The van der Waals surface area contributed by atoms with E-state index in [-0.39, 0.29) is 30.3 Å². The molecule has 0 saturated carbocycles. The highest BCUT2D eigenvalue weighted by Crippen LogP contribution is 2.24. The number of anilines is 1. The summed E-state index contributed by atoms with van der Waals surface area (Å²) in [5.74, 6) is -0.652. The number of nitrogens with one attached hydrogen (secondary N) is 2. The number of ether oxygens (including phenoxy) is 1. The molecular weight excluding hydrogens is 356 g/mol. The second kappa shape index (κ2) is 8.69. The molecule has 0 aromatic heterocycles. The lowest BCUT2D eigenvalue weighted by Gasteiger charge is -2.21. The van der Waals surface area contributed by atoms with E-state index in [0.717, 1.165) is 16.8 Å². The third-order valence-corrected chi connectivity index (χ3v) is 4.51. The fourth-order valence-corrected chi connectivity index (χ4v) is 3.18. The zero-order valence-corrected chi connectivity index (χ0v) is 16.0. The monoisotopic (exact) mass is 380 g/mol. The number of hydrogen-bond donors (Lipinski definition) is 2. The van der Waals surface area contributed by atoms with E-state index in [2.05, 4.69) is 10.6 Å². The van der Waals surface area contributed by atoms with Gasteiger partial charge in [0.15, 0.2) is 0 Å². The third-order valence-electron chi connectivity index (χ3n) is 4.51. The first-order valence-electron chi connectivity index (χ1n) is 9.40. The summed E-state index contributed by atoms with van der Waals surface area (Å²) in [6.45, 7) is 3.58. The SMILES string of the molecule is CC(C)OC(=O)C[C@H](NC(=O)c1ccc2c(c1)CCC(=O)N2)c1ccccc1. The van der Waals surface area contributed by atoms with E-state index in [1.54, 1.807) is 32.0 Å². The molecule has 6 nitrogen and oxygen atoms in total. The zero-order valence-electron chi connectivity index (χ0n) is 16.0. The molecule has 1 aliphatic rings. The van der Waals surface area contributed by atoms with Crippen molar-refractivity contribution in [2.24, 2.45) is 0 Å². The maximum absolute atomic E-state index is 12.8. The van der Waals surface area contributed by atoms with Crippen LogP contribution in [0.25, 0.3) is 0 Å². The largest absolute Gasteiger partial charge is 0.463 e. The van der Waals surface area contributed by atoms with Crippen LogP contribution >= 0.6 is 0 Å². The molecule has 0 fully saturated rings. The first-order valence-corrected chi connectivity index (χ1v) is 9.40. The molecule has 0 bridgehead atoms. The molecule has 0 saturated heterocycles. The lowest BCUT2D eigenvalue weighted by Crippen LogP contribution is -2.31. The molecule has 2 amide bonds. The molecule has 0 unspecified atom stereocenters. The van der Waals surface area contributed by atoms with Crippen molar-refractivity contribution in [1.29, 1.82) is 0 Å². The molecule has 1 atom stereocenters. The van der Waals surface area contributed by atoms with Crippen molar-refractivity contribution < 1.29 is 19.1 Å². The van der Waals surface area contributed by atoms with Crippen molar-refractivity contribution in [2.75, 3.05) is 5.32 Å². The van der Waals surface area contributed by atoms with E-state index < -0.39 is 6.04 Å². The van der Waals surface area contributed by atoms with Gasteiger partial charge in [-0.3, -0.25) is 14.4 Å². The minimum absolute atomic E-state index is 0.0162. The number of fused-ring (bicyclic) bond motifs is 1. The van der Waals surface area contributed by atoms with Gasteiger partial charge in [-0.1, -0.05) is 30.3 Å². The highest BCUT2D eigenvalue weighted by Gasteiger charge is 2.22. The number of hydrogen-bond acceptors (Lipinski definition) is 4. The first kappa shape index (κ1) is 19.6. The Morgan fingerprint density at radius 2 is 1.86 bits per heavy atom. The standard InChI is InChI=1S/C22H24N2O4/c1-14(2)28-21(26)13-19(15-6-4-3-5-7-15)24-22(27)17-8-10-18-16(12-17)9-11-20(25)23-18/h3-8,10,12,14,19H,9,11,13H2,1-2H3,(H,23,25)(H,24,27)/t19-/m0/s1. The molecule has 2 aromatic rings. The molecule has 0 aliphatic carbocycles. The van der Waals surface area contributed by atoms with Crippen LogP contribution in [-0.2, 0) is 20.7 Å². The average molecular weight is 380 g/mol. The molecule has 0 spiro atoms. The number of benzene rings is 2. The number of esters is 1. The van der Waals surface area contributed by atoms with Crippen LogP contribution in [0.1, 0.15) is 54.2 Å². The van der Waals surface area contributed by atoms with Gasteiger partial charge in [0.1, 0.15) is 0 Å². The van der Waals surface area contributed by atoms with Gasteiger partial charge in [0.2, 0.25) is 5.91 Å². The van der Waals surface area contributed by atoms with Gasteiger partial charge in [-0.2, -0.15) is 0 Å². The predicted molar refractivity (Wildman–Crippen MR) is 106 cm³/mol. The number of rotatable bonds is 6. The van der Waals surface area contributed by atoms with Crippen molar-refractivity contribution in [1.82, 2.24) is 5.32 Å². The lowest BCUT2D eigenvalue weighted by molar-refractivity contribution is -0.148. The van der Waals surface area contributed by atoms with Crippen molar-refractivity contribution in [3.8, 4) is 0 Å². The second-order valence-electron chi connectivity index (χ2n) is 7.10. The van der Waals surface area contributed by atoms with Crippen LogP contribution in [0.4, 0.5) is 5.69 Å². The van der Waals surface area contributed by atoms with Gasteiger partial charge >= 0.3 is 5.97 Å². The van der Waals surface area contributed by atoms with Gasteiger partial charge in [0.25, 0.3) is 5.91 Å². The molecule has 2 aromatic carbocycles. The van der Waals surface area contributed by atoms with E-state index in [1.165, 1.54) is 0 Å². The minimum Gasteiger partial charge on any atom is -0.463 e. The Labute approximate surface area is 164 Å². The van der Waals surface area contributed by atoms with Gasteiger partial charge in [-0.15, -0.1) is 0 Å². The van der Waals surface area contributed by atoms with Crippen LogP contribution in [-0.4, -0.2) is 23.9 Å². The van der Waals surface area contributed by atoms with Crippen LogP contribution in [0.5, 0.6) is 0 Å². The summed E-state index contributed by atoms with van der Waals surface area (Å²) in [6.07, 6.45) is 0.849. The smallest absolute Gasteiger partial charge is 0.308 e. The van der Waals surface area contributed by atoms with E-state index in [9.17, 15) is 14.4 Å². The Kier molecular flexibility index (Phi) is 6.09. The Hall–Kier alpha value is -3.15. The maximum atomic E-state index is 12.8. The molecule has 146 valence electrons. The number of aryl methyl sites for hydroxylation is 1. The van der Waals surface area contributed by atoms with E-state index in [0.29, 0.717) is 18.4 Å². The molecule has 6 heteroatoms. The van der Waals surface area contributed by atoms with Crippen LogP contribution in [0.15, 0.2) is 48.5 Å². The summed E-state index contributed by atoms with van der Waals surface area (Å²) in [4.78, 5) is 36.5. The van der Waals surface area contributed by atoms with E-state index in [1.807, 2.05) is 30.3 Å². The molecule has 3 rings (SSSR count). The van der Waals surface area contributed by atoms with Crippen molar-refractivity contribution >= 4 is 23.5 Å². The second-order valence-corrected chi connectivity index (χ2v) is 7.10. The van der Waals surface area contributed by atoms with E-state index in [4.69, 9.17) is 4.74 Å². The van der Waals surface area contributed by atoms with Gasteiger partial charge in [0.05, 0.1) is 18.6 Å². The summed E-state index contributed by atoms with van der Waals surface area (Å²) >= 11 is 0. The molecule has 2 N–H and O–H groups in total. The summed E-state index contributed by atoms with van der Waals surface area (Å²) < 4.78 is 5.24. The summed E-state index contributed by atoms with van der Waals surface area (Å²) in [7, 11) is 0. The molecule has 1 heterocycles. The normalized spacial score (nSPS) is 14.0. The van der Waals surface area contributed by atoms with Gasteiger partial charge < -0.3 is 15.4 Å². The maximum Gasteiger partial charge on any atom is 0.308 e. The van der Waals surface area contributed by atoms with Crippen molar-refractivity contribution in [2.45, 2.75) is 45.3 Å². The van der Waals surface area contributed by atoms with Crippen molar-refractivity contribution in [3.63, 3.8) is 0 Å². The highest BCUT2D eigenvalue weighted by molar-refractivity contribution is 5.98. The van der Waals surface area contributed by atoms with Crippen LogP contribution in [0.3, 0.4) is 0 Å².